The van der Waals surface area contributed by atoms with E-state index < -0.39 is 5.97 Å². The third-order valence-electron chi connectivity index (χ3n) is 3.61. The molecule has 98 valence electrons. The van der Waals surface area contributed by atoms with Crippen molar-refractivity contribution in [1.29, 1.82) is 0 Å². The van der Waals surface area contributed by atoms with Crippen molar-refractivity contribution in [3.8, 4) is 0 Å². The van der Waals surface area contributed by atoms with Gasteiger partial charge in [-0.2, -0.15) is 0 Å². The van der Waals surface area contributed by atoms with Crippen LogP contribution < -0.4 is 0 Å². The summed E-state index contributed by atoms with van der Waals surface area (Å²) in [7, 11) is 0. The summed E-state index contributed by atoms with van der Waals surface area (Å²) in [6.07, 6.45) is 1.63. The van der Waals surface area contributed by atoms with Gasteiger partial charge in [0, 0.05) is 24.6 Å². The van der Waals surface area contributed by atoms with Crippen molar-refractivity contribution < 1.29 is 14.3 Å². The molecule has 0 saturated heterocycles. The van der Waals surface area contributed by atoms with E-state index in [4.69, 9.17) is 5.11 Å². The lowest BCUT2D eigenvalue weighted by Crippen LogP contribution is -2.35. The zero-order valence-electron chi connectivity index (χ0n) is 10.5. The van der Waals surface area contributed by atoms with E-state index in [1.807, 2.05) is 13.0 Å². The van der Waals surface area contributed by atoms with Gasteiger partial charge in [0.25, 0.3) is 0 Å². The highest BCUT2D eigenvalue weighted by atomic mass is 19.1. The zero-order chi connectivity index (χ0) is 13.1. The number of hydrogen-bond acceptors (Lipinski definition) is 2. The van der Waals surface area contributed by atoms with Crippen LogP contribution in [0, 0.1) is 5.82 Å². The maximum absolute atomic E-state index is 13.8. The number of carboxylic acids is 1. The molecule has 18 heavy (non-hydrogen) atoms. The number of halogens is 1. The fraction of sp³-hybridized carbons (Fsp3) is 0.500. The summed E-state index contributed by atoms with van der Waals surface area (Å²) in [6, 6.07) is 5.25. The fourth-order valence-electron chi connectivity index (χ4n) is 2.65. The molecule has 0 unspecified atom stereocenters. The number of carbonyl (C=O) groups is 1. The Morgan fingerprint density at radius 1 is 1.56 bits per heavy atom. The Hall–Kier alpha value is -1.42. The van der Waals surface area contributed by atoms with E-state index in [1.54, 1.807) is 6.07 Å². The molecule has 1 atom stereocenters. The van der Waals surface area contributed by atoms with Gasteiger partial charge in [0.1, 0.15) is 5.82 Å². The Balaban J connectivity index is 2.05. The van der Waals surface area contributed by atoms with Crippen molar-refractivity contribution in [2.45, 2.75) is 32.2 Å². The summed E-state index contributed by atoms with van der Waals surface area (Å²) in [6.45, 7) is 3.57. The monoisotopic (exact) mass is 251 g/mol. The largest absolute Gasteiger partial charge is 0.481 e. The minimum atomic E-state index is -0.772. The quantitative estimate of drug-likeness (QED) is 0.894. The standard InChI is InChI=1S/C14H18FNO2/c1-10-14-11(4-2-5-12(14)15)7-9-16(10)8-3-6-13(17)18/h2,4-5,10H,3,6-9H2,1H3,(H,17,18)/t10-/m0/s1. The van der Waals surface area contributed by atoms with Crippen LogP contribution in [0.2, 0.25) is 0 Å². The number of benzene rings is 1. The number of carboxylic acid groups (broad SMARTS) is 1. The minimum Gasteiger partial charge on any atom is -0.481 e. The number of nitrogens with zero attached hydrogens (tertiary/aromatic N) is 1. The fourth-order valence-corrected chi connectivity index (χ4v) is 2.65. The van der Waals surface area contributed by atoms with Crippen molar-refractivity contribution in [3.05, 3.63) is 35.1 Å². The molecule has 0 spiro atoms. The van der Waals surface area contributed by atoms with Crippen molar-refractivity contribution >= 4 is 5.97 Å². The van der Waals surface area contributed by atoms with Crippen LogP contribution in [0.1, 0.15) is 36.9 Å². The molecule has 1 heterocycles. The highest BCUT2D eigenvalue weighted by molar-refractivity contribution is 5.66. The van der Waals surface area contributed by atoms with Crippen LogP contribution in [-0.4, -0.2) is 29.1 Å². The average molecular weight is 251 g/mol. The first kappa shape index (κ1) is 13.0. The molecule has 1 N–H and O–H groups in total. The van der Waals surface area contributed by atoms with Gasteiger partial charge in [-0.05, 0) is 37.9 Å². The minimum absolute atomic E-state index is 0.0312. The molecule has 1 aromatic carbocycles. The summed E-state index contributed by atoms with van der Waals surface area (Å²) >= 11 is 0. The molecule has 3 nitrogen and oxygen atoms in total. The summed E-state index contributed by atoms with van der Waals surface area (Å²) in [4.78, 5) is 12.7. The van der Waals surface area contributed by atoms with Gasteiger partial charge in [0.15, 0.2) is 0 Å². The van der Waals surface area contributed by atoms with Crippen molar-refractivity contribution in [1.82, 2.24) is 4.90 Å². The molecule has 0 aromatic heterocycles. The van der Waals surface area contributed by atoms with Gasteiger partial charge < -0.3 is 5.11 Å². The number of hydrogen-bond donors (Lipinski definition) is 1. The van der Waals surface area contributed by atoms with E-state index in [1.165, 1.54) is 6.07 Å². The summed E-state index contributed by atoms with van der Waals surface area (Å²) < 4.78 is 13.8. The number of rotatable bonds is 4. The van der Waals surface area contributed by atoms with Crippen LogP contribution in [0.25, 0.3) is 0 Å². The van der Waals surface area contributed by atoms with Gasteiger partial charge in [-0.3, -0.25) is 9.69 Å². The van der Waals surface area contributed by atoms with Crippen LogP contribution in [-0.2, 0) is 11.2 Å². The van der Waals surface area contributed by atoms with Crippen molar-refractivity contribution in [3.63, 3.8) is 0 Å². The Labute approximate surface area is 106 Å². The molecule has 0 saturated carbocycles. The summed E-state index contributed by atoms with van der Waals surface area (Å²) in [5.41, 5.74) is 1.86. The van der Waals surface area contributed by atoms with E-state index in [-0.39, 0.29) is 18.3 Å². The molecule has 1 aliphatic heterocycles. The van der Waals surface area contributed by atoms with Crippen LogP contribution in [0.3, 0.4) is 0 Å². The second-order valence-corrected chi connectivity index (χ2v) is 4.77. The lowest BCUT2D eigenvalue weighted by Gasteiger charge is -2.35. The summed E-state index contributed by atoms with van der Waals surface area (Å²) in [5.74, 6) is -0.922. The third-order valence-corrected chi connectivity index (χ3v) is 3.61. The maximum atomic E-state index is 13.8. The van der Waals surface area contributed by atoms with E-state index in [0.717, 1.165) is 24.1 Å². The molecule has 1 aliphatic rings. The van der Waals surface area contributed by atoms with Crippen LogP contribution >= 0.6 is 0 Å². The Morgan fingerprint density at radius 2 is 2.33 bits per heavy atom. The van der Waals surface area contributed by atoms with Crippen LogP contribution in [0.4, 0.5) is 4.39 Å². The highest BCUT2D eigenvalue weighted by Gasteiger charge is 2.25. The van der Waals surface area contributed by atoms with Crippen molar-refractivity contribution in [2.75, 3.05) is 13.1 Å². The number of fused-ring (bicyclic) bond motifs is 1. The lowest BCUT2D eigenvalue weighted by molar-refractivity contribution is -0.137. The molecule has 0 bridgehead atoms. The first-order valence-electron chi connectivity index (χ1n) is 6.32. The molecule has 0 radical (unpaired) electrons. The molecular formula is C14H18FNO2. The maximum Gasteiger partial charge on any atom is 0.303 e. The highest BCUT2D eigenvalue weighted by Crippen LogP contribution is 2.31. The SMILES string of the molecule is C[C@H]1c2c(F)cccc2CCN1CCCC(=O)O. The molecule has 4 heteroatoms. The molecule has 2 rings (SSSR count). The molecule has 1 aromatic rings. The van der Waals surface area contributed by atoms with E-state index in [2.05, 4.69) is 4.90 Å². The van der Waals surface area contributed by atoms with Gasteiger partial charge >= 0.3 is 5.97 Å². The predicted molar refractivity (Wildman–Crippen MR) is 67.0 cm³/mol. The Bertz CT molecular complexity index is 447. The molecule has 0 fully saturated rings. The van der Waals surface area contributed by atoms with Crippen LogP contribution in [0.5, 0.6) is 0 Å². The lowest BCUT2D eigenvalue weighted by atomic mass is 9.93. The third kappa shape index (κ3) is 2.70. The van der Waals surface area contributed by atoms with E-state index in [0.29, 0.717) is 13.0 Å². The van der Waals surface area contributed by atoms with Gasteiger partial charge in [0.05, 0.1) is 0 Å². The Morgan fingerprint density at radius 3 is 3.06 bits per heavy atom. The Kier molecular flexibility index (Phi) is 3.97. The second kappa shape index (κ2) is 5.48. The van der Waals surface area contributed by atoms with E-state index >= 15 is 0 Å². The van der Waals surface area contributed by atoms with Gasteiger partial charge in [-0.15, -0.1) is 0 Å². The molecule has 0 aliphatic carbocycles. The summed E-state index contributed by atoms with van der Waals surface area (Å²) in [5, 5.41) is 8.63. The van der Waals surface area contributed by atoms with Gasteiger partial charge in [-0.1, -0.05) is 12.1 Å². The smallest absolute Gasteiger partial charge is 0.303 e. The number of aliphatic carboxylic acids is 1. The topological polar surface area (TPSA) is 40.5 Å². The van der Waals surface area contributed by atoms with Gasteiger partial charge in [0.2, 0.25) is 0 Å². The van der Waals surface area contributed by atoms with Crippen molar-refractivity contribution in [2.24, 2.45) is 0 Å². The second-order valence-electron chi connectivity index (χ2n) is 4.77. The first-order chi connectivity index (χ1) is 8.59. The normalized spacial score (nSPS) is 19.6. The van der Waals surface area contributed by atoms with Crippen LogP contribution in [0.15, 0.2) is 18.2 Å². The zero-order valence-corrected chi connectivity index (χ0v) is 10.5. The first-order valence-corrected chi connectivity index (χ1v) is 6.32. The molecular weight excluding hydrogens is 233 g/mol. The molecule has 0 amide bonds. The predicted octanol–water partition coefficient (Wildman–Crippen LogP) is 2.61. The van der Waals surface area contributed by atoms with Gasteiger partial charge in [-0.25, -0.2) is 4.39 Å². The van der Waals surface area contributed by atoms with E-state index in [9.17, 15) is 9.18 Å². The average Bonchev–Trinajstić information content (AvgIpc) is 2.32.